The van der Waals surface area contributed by atoms with Gasteiger partial charge in [-0.25, -0.2) is 0 Å². The van der Waals surface area contributed by atoms with Crippen LogP contribution in [0.3, 0.4) is 0 Å². The number of esters is 1. The second-order valence-electron chi connectivity index (χ2n) is 6.50. The van der Waals surface area contributed by atoms with Crippen LogP contribution in [0.25, 0.3) is 0 Å². The average Bonchev–Trinajstić information content (AvgIpc) is 2.77. The number of amides is 3. The first-order valence-corrected chi connectivity index (χ1v) is 9.32. The molecular weight excluding hydrogens is 390 g/mol. The van der Waals surface area contributed by atoms with Crippen LogP contribution in [-0.2, 0) is 19.1 Å². The molecule has 1 heterocycles. The third kappa shape index (κ3) is 5.13. The van der Waals surface area contributed by atoms with E-state index in [1.165, 1.54) is 4.90 Å². The Balaban J connectivity index is 1.43. The Kier molecular flexibility index (Phi) is 6.63. The Morgan fingerprint density at radius 1 is 1.03 bits per heavy atom. The summed E-state index contributed by atoms with van der Waals surface area (Å²) in [5.41, 5.74) is 5.36. The summed E-state index contributed by atoms with van der Waals surface area (Å²) in [7, 11) is 0. The molecule has 0 saturated carbocycles. The molecule has 9 heteroatoms. The van der Waals surface area contributed by atoms with Gasteiger partial charge in [-0.3, -0.25) is 30.0 Å². The lowest BCUT2D eigenvalue weighted by atomic mass is 10.2. The summed E-state index contributed by atoms with van der Waals surface area (Å²) in [4.78, 5) is 49.4. The molecule has 0 bridgehead atoms. The Morgan fingerprint density at radius 3 is 2.50 bits per heavy atom. The van der Waals surface area contributed by atoms with Crippen molar-refractivity contribution in [2.45, 2.75) is 19.4 Å². The second-order valence-corrected chi connectivity index (χ2v) is 6.50. The maximum absolute atomic E-state index is 12.4. The molecule has 0 aliphatic carbocycles. The predicted molar refractivity (Wildman–Crippen MR) is 107 cm³/mol. The van der Waals surface area contributed by atoms with Crippen molar-refractivity contribution < 1.29 is 28.7 Å². The van der Waals surface area contributed by atoms with Crippen LogP contribution < -0.4 is 20.5 Å². The van der Waals surface area contributed by atoms with Gasteiger partial charge in [-0.2, -0.15) is 0 Å². The number of benzene rings is 2. The SMILES string of the molecule is CC1Oc2ccccc2N(CCC(=O)OCC(=O)NNC(=O)c2ccccc2)C1=O. The number of hydrogen-bond acceptors (Lipinski definition) is 6. The number of para-hydroxylation sites is 2. The van der Waals surface area contributed by atoms with Crippen LogP contribution in [0.1, 0.15) is 23.7 Å². The van der Waals surface area contributed by atoms with Gasteiger partial charge in [-0.05, 0) is 31.2 Å². The Hall–Kier alpha value is -3.88. The molecule has 156 valence electrons. The Bertz CT molecular complexity index is 947. The van der Waals surface area contributed by atoms with Crippen molar-refractivity contribution in [2.75, 3.05) is 18.1 Å². The highest BCUT2D eigenvalue weighted by molar-refractivity contribution is 6.00. The predicted octanol–water partition coefficient (Wildman–Crippen LogP) is 1.19. The molecule has 30 heavy (non-hydrogen) atoms. The van der Waals surface area contributed by atoms with Gasteiger partial charge in [0.1, 0.15) is 5.75 Å². The van der Waals surface area contributed by atoms with Gasteiger partial charge < -0.3 is 14.4 Å². The minimum atomic E-state index is -0.686. The van der Waals surface area contributed by atoms with Crippen molar-refractivity contribution in [3.05, 3.63) is 60.2 Å². The average molecular weight is 411 g/mol. The molecule has 1 aliphatic heterocycles. The van der Waals surface area contributed by atoms with E-state index >= 15 is 0 Å². The van der Waals surface area contributed by atoms with Gasteiger partial charge in [0, 0.05) is 12.1 Å². The van der Waals surface area contributed by atoms with Gasteiger partial charge in [0.05, 0.1) is 12.1 Å². The largest absolute Gasteiger partial charge is 0.479 e. The lowest BCUT2D eigenvalue weighted by molar-refractivity contribution is -0.148. The van der Waals surface area contributed by atoms with Gasteiger partial charge in [0.25, 0.3) is 17.7 Å². The third-order valence-corrected chi connectivity index (χ3v) is 4.33. The second kappa shape index (κ2) is 9.55. The molecule has 0 saturated heterocycles. The molecule has 0 fully saturated rings. The van der Waals surface area contributed by atoms with Crippen LogP contribution in [0, 0.1) is 0 Å². The topological polar surface area (TPSA) is 114 Å². The minimum Gasteiger partial charge on any atom is -0.479 e. The Morgan fingerprint density at radius 2 is 1.73 bits per heavy atom. The first-order chi connectivity index (χ1) is 14.5. The summed E-state index contributed by atoms with van der Waals surface area (Å²) in [6.45, 7) is 1.17. The highest BCUT2D eigenvalue weighted by Gasteiger charge is 2.31. The quantitative estimate of drug-likeness (QED) is 0.545. The number of carbonyl (C=O) groups excluding carboxylic acids is 4. The summed E-state index contributed by atoms with van der Waals surface area (Å²) in [5, 5.41) is 0. The van der Waals surface area contributed by atoms with Crippen molar-refractivity contribution in [1.29, 1.82) is 0 Å². The van der Waals surface area contributed by atoms with Gasteiger partial charge in [0.2, 0.25) is 0 Å². The maximum Gasteiger partial charge on any atom is 0.308 e. The number of rotatable bonds is 6. The first kappa shape index (κ1) is 20.8. The molecule has 3 rings (SSSR count). The molecule has 2 aromatic rings. The summed E-state index contributed by atoms with van der Waals surface area (Å²) < 4.78 is 10.5. The van der Waals surface area contributed by atoms with Gasteiger partial charge >= 0.3 is 5.97 Å². The van der Waals surface area contributed by atoms with Crippen LogP contribution in [0.4, 0.5) is 5.69 Å². The van der Waals surface area contributed by atoms with Crippen LogP contribution >= 0.6 is 0 Å². The number of ether oxygens (including phenoxy) is 2. The minimum absolute atomic E-state index is 0.0920. The lowest BCUT2D eigenvalue weighted by Gasteiger charge is -2.32. The number of carbonyl (C=O) groups is 4. The van der Waals surface area contributed by atoms with Crippen LogP contribution in [0.5, 0.6) is 5.75 Å². The molecule has 3 amide bonds. The van der Waals surface area contributed by atoms with Crippen molar-refractivity contribution in [1.82, 2.24) is 10.9 Å². The monoisotopic (exact) mass is 411 g/mol. The summed E-state index contributed by atoms with van der Waals surface area (Å²) in [6.07, 6.45) is -0.758. The highest BCUT2D eigenvalue weighted by Crippen LogP contribution is 2.33. The molecule has 2 N–H and O–H groups in total. The maximum atomic E-state index is 12.4. The molecule has 0 spiro atoms. The zero-order valence-electron chi connectivity index (χ0n) is 16.3. The molecule has 1 unspecified atom stereocenters. The zero-order valence-corrected chi connectivity index (χ0v) is 16.3. The molecule has 2 aromatic carbocycles. The fourth-order valence-electron chi connectivity index (χ4n) is 2.84. The van der Waals surface area contributed by atoms with Crippen LogP contribution in [0.2, 0.25) is 0 Å². The van der Waals surface area contributed by atoms with Crippen LogP contribution in [0.15, 0.2) is 54.6 Å². The van der Waals surface area contributed by atoms with E-state index in [0.29, 0.717) is 17.0 Å². The third-order valence-electron chi connectivity index (χ3n) is 4.33. The standard InChI is InChI=1S/C21H21N3O6/c1-14-21(28)24(16-9-5-6-10-17(16)30-14)12-11-19(26)29-13-18(25)22-23-20(27)15-7-3-2-4-8-15/h2-10,14H,11-13H2,1H3,(H,22,25)(H,23,27). The molecule has 0 aromatic heterocycles. The molecule has 0 radical (unpaired) electrons. The van der Waals surface area contributed by atoms with Gasteiger partial charge in [0.15, 0.2) is 12.7 Å². The smallest absolute Gasteiger partial charge is 0.308 e. The van der Waals surface area contributed by atoms with Gasteiger partial charge in [-0.1, -0.05) is 30.3 Å². The normalized spacial score (nSPS) is 14.9. The van der Waals surface area contributed by atoms with Crippen molar-refractivity contribution >= 4 is 29.4 Å². The van der Waals surface area contributed by atoms with E-state index in [0.717, 1.165) is 0 Å². The molecular formula is C21H21N3O6. The fraction of sp³-hybridized carbons (Fsp3) is 0.238. The van der Waals surface area contributed by atoms with E-state index in [1.54, 1.807) is 61.5 Å². The number of nitrogens with zero attached hydrogens (tertiary/aromatic N) is 1. The van der Waals surface area contributed by atoms with Crippen molar-refractivity contribution in [3.8, 4) is 5.75 Å². The summed E-state index contributed by atoms with van der Waals surface area (Å²) >= 11 is 0. The molecule has 1 atom stereocenters. The lowest BCUT2D eigenvalue weighted by Crippen LogP contribution is -2.45. The molecule has 1 aliphatic rings. The fourth-order valence-corrected chi connectivity index (χ4v) is 2.84. The molecule has 9 nitrogen and oxygen atoms in total. The van der Waals surface area contributed by atoms with Gasteiger partial charge in [-0.15, -0.1) is 0 Å². The number of nitrogens with one attached hydrogen (secondary N) is 2. The Labute approximate surface area is 172 Å². The summed E-state index contributed by atoms with van der Waals surface area (Å²) in [5.74, 6) is -1.53. The first-order valence-electron chi connectivity index (χ1n) is 9.32. The number of hydrogen-bond donors (Lipinski definition) is 2. The van der Waals surface area contributed by atoms with E-state index in [1.807, 2.05) is 0 Å². The van der Waals surface area contributed by atoms with E-state index in [9.17, 15) is 19.2 Å². The van der Waals surface area contributed by atoms with Crippen molar-refractivity contribution in [2.24, 2.45) is 0 Å². The zero-order chi connectivity index (χ0) is 21.5. The number of anilines is 1. The van der Waals surface area contributed by atoms with E-state index in [2.05, 4.69) is 10.9 Å². The van der Waals surface area contributed by atoms with E-state index in [4.69, 9.17) is 9.47 Å². The number of hydrazine groups is 1. The number of fused-ring (bicyclic) bond motifs is 1. The summed E-state index contributed by atoms with van der Waals surface area (Å²) in [6, 6.07) is 15.4. The van der Waals surface area contributed by atoms with E-state index in [-0.39, 0.29) is 18.9 Å². The van der Waals surface area contributed by atoms with Crippen molar-refractivity contribution in [3.63, 3.8) is 0 Å². The highest BCUT2D eigenvalue weighted by atomic mass is 16.5. The van der Waals surface area contributed by atoms with E-state index < -0.39 is 30.5 Å². The van der Waals surface area contributed by atoms with Crippen LogP contribution in [-0.4, -0.2) is 42.9 Å².